The van der Waals surface area contributed by atoms with Gasteiger partial charge < -0.3 is 4.74 Å². The molecule has 1 atom stereocenters. The van der Waals surface area contributed by atoms with Gasteiger partial charge in [-0.25, -0.2) is 4.39 Å². The maximum Gasteiger partial charge on any atom is 0.123 e. The Labute approximate surface area is 124 Å². The highest BCUT2D eigenvalue weighted by atomic mass is 19.1. The normalized spacial score (nSPS) is 12.2. The van der Waals surface area contributed by atoms with Crippen molar-refractivity contribution in [3.05, 3.63) is 65.0 Å². The van der Waals surface area contributed by atoms with Gasteiger partial charge in [-0.2, -0.15) is 0 Å². The fraction of sp³-hybridized carbons (Fsp3) is 0.294. The third-order valence-corrected chi connectivity index (χ3v) is 3.67. The predicted molar refractivity (Wildman–Crippen MR) is 82.7 cm³/mol. The van der Waals surface area contributed by atoms with Gasteiger partial charge in [0.05, 0.1) is 7.11 Å². The van der Waals surface area contributed by atoms with Crippen molar-refractivity contribution in [3.8, 4) is 5.75 Å². The summed E-state index contributed by atoms with van der Waals surface area (Å²) in [5.74, 6) is 6.29. The van der Waals surface area contributed by atoms with E-state index in [0.717, 1.165) is 28.9 Å². The summed E-state index contributed by atoms with van der Waals surface area (Å²) in [7, 11) is 1.65. The number of methoxy groups -OCH3 is 1. The van der Waals surface area contributed by atoms with Crippen LogP contribution in [0.4, 0.5) is 4.39 Å². The molecule has 4 heteroatoms. The van der Waals surface area contributed by atoms with Gasteiger partial charge in [-0.3, -0.25) is 11.3 Å². The van der Waals surface area contributed by atoms with Crippen LogP contribution in [0.15, 0.2) is 42.5 Å². The largest absolute Gasteiger partial charge is 0.496 e. The third kappa shape index (κ3) is 4.03. The first kappa shape index (κ1) is 15.5. The smallest absolute Gasteiger partial charge is 0.123 e. The Bertz CT molecular complexity index is 601. The van der Waals surface area contributed by atoms with Crippen LogP contribution >= 0.6 is 0 Å². The average Bonchev–Trinajstić information content (AvgIpc) is 2.50. The molecule has 0 saturated heterocycles. The highest BCUT2D eigenvalue weighted by Gasteiger charge is 2.13. The summed E-state index contributed by atoms with van der Waals surface area (Å²) < 4.78 is 18.7. The molecule has 0 saturated carbocycles. The summed E-state index contributed by atoms with van der Waals surface area (Å²) in [5, 5.41) is 0. The van der Waals surface area contributed by atoms with Crippen LogP contribution in [0.1, 0.15) is 16.7 Å². The number of aryl methyl sites for hydroxylation is 1. The summed E-state index contributed by atoms with van der Waals surface area (Å²) >= 11 is 0. The molecule has 0 heterocycles. The van der Waals surface area contributed by atoms with Gasteiger partial charge in [-0.1, -0.05) is 24.3 Å². The van der Waals surface area contributed by atoms with E-state index < -0.39 is 0 Å². The summed E-state index contributed by atoms with van der Waals surface area (Å²) in [4.78, 5) is 0. The molecule has 0 aliphatic carbocycles. The topological polar surface area (TPSA) is 47.3 Å². The molecule has 0 fully saturated rings. The molecule has 2 aromatic rings. The van der Waals surface area contributed by atoms with E-state index in [4.69, 9.17) is 10.6 Å². The zero-order chi connectivity index (χ0) is 15.2. The molecule has 0 spiro atoms. The summed E-state index contributed by atoms with van der Waals surface area (Å²) in [6.45, 7) is 1.98. The first-order valence-corrected chi connectivity index (χ1v) is 6.97. The number of nitrogens with two attached hydrogens (primary N) is 1. The average molecular weight is 288 g/mol. The Morgan fingerprint density at radius 3 is 2.57 bits per heavy atom. The van der Waals surface area contributed by atoms with Crippen LogP contribution in [-0.4, -0.2) is 13.2 Å². The maximum absolute atomic E-state index is 13.4. The molecule has 3 N–H and O–H groups in total. The number of benzene rings is 2. The fourth-order valence-corrected chi connectivity index (χ4v) is 2.45. The van der Waals surface area contributed by atoms with Crippen molar-refractivity contribution in [2.45, 2.75) is 25.8 Å². The molecule has 0 amide bonds. The number of hydrogen-bond acceptors (Lipinski definition) is 3. The van der Waals surface area contributed by atoms with E-state index >= 15 is 0 Å². The molecular weight excluding hydrogens is 267 g/mol. The van der Waals surface area contributed by atoms with Crippen LogP contribution < -0.4 is 16.0 Å². The second kappa shape index (κ2) is 7.20. The number of para-hydroxylation sites is 1. The summed E-state index contributed by atoms with van der Waals surface area (Å²) in [6.07, 6.45) is 1.38. The van der Waals surface area contributed by atoms with Crippen molar-refractivity contribution in [1.82, 2.24) is 5.43 Å². The van der Waals surface area contributed by atoms with E-state index in [1.807, 2.05) is 31.2 Å². The Morgan fingerprint density at radius 2 is 1.86 bits per heavy atom. The van der Waals surface area contributed by atoms with Crippen LogP contribution in [0.3, 0.4) is 0 Å². The van der Waals surface area contributed by atoms with Gasteiger partial charge in [-0.05, 0) is 54.7 Å². The standard InChI is InChI=1S/C17H21FN2O/c1-12-7-8-15(18)9-14(12)11-16(20-19)10-13-5-3-4-6-17(13)21-2/h3-9,16,20H,10-11,19H2,1-2H3. The summed E-state index contributed by atoms with van der Waals surface area (Å²) in [5.41, 5.74) is 5.93. The lowest BCUT2D eigenvalue weighted by Crippen LogP contribution is -2.38. The van der Waals surface area contributed by atoms with Crippen molar-refractivity contribution < 1.29 is 9.13 Å². The number of nitrogens with one attached hydrogen (secondary N) is 1. The Kier molecular flexibility index (Phi) is 5.31. The highest BCUT2D eigenvalue weighted by molar-refractivity contribution is 5.34. The number of halogens is 1. The van der Waals surface area contributed by atoms with E-state index in [2.05, 4.69) is 5.43 Å². The van der Waals surface area contributed by atoms with Gasteiger partial charge in [0.1, 0.15) is 11.6 Å². The van der Waals surface area contributed by atoms with E-state index in [9.17, 15) is 4.39 Å². The molecule has 0 aromatic heterocycles. The molecule has 2 rings (SSSR count). The van der Waals surface area contributed by atoms with Gasteiger partial charge in [0.25, 0.3) is 0 Å². The molecule has 112 valence electrons. The second-order valence-electron chi connectivity index (χ2n) is 5.15. The monoisotopic (exact) mass is 288 g/mol. The predicted octanol–water partition coefficient (Wildman–Crippen LogP) is 2.76. The number of rotatable bonds is 6. The lowest BCUT2D eigenvalue weighted by atomic mass is 9.96. The van der Waals surface area contributed by atoms with E-state index in [1.165, 1.54) is 6.07 Å². The molecule has 3 nitrogen and oxygen atoms in total. The SMILES string of the molecule is COc1ccccc1CC(Cc1cc(F)ccc1C)NN. The zero-order valence-corrected chi connectivity index (χ0v) is 12.4. The maximum atomic E-state index is 13.4. The first-order valence-electron chi connectivity index (χ1n) is 6.97. The van der Waals surface area contributed by atoms with Gasteiger partial charge in [0.15, 0.2) is 0 Å². The minimum Gasteiger partial charge on any atom is -0.496 e. The highest BCUT2D eigenvalue weighted by Crippen LogP contribution is 2.21. The van der Waals surface area contributed by atoms with Crippen molar-refractivity contribution in [2.75, 3.05) is 7.11 Å². The van der Waals surface area contributed by atoms with Crippen LogP contribution in [0, 0.1) is 12.7 Å². The van der Waals surface area contributed by atoms with Crippen molar-refractivity contribution in [3.63, 3.8) is 0 Å². The van der Waals surface area contributed by atoms with Crippen molar-refractivity contribution in [1.29, 1.82) is 0 Å². The number of hydrogen-bond donors (Lipinski definition) is 2. The quantitative estimate of drug-likeness (QED) is 0.635. The fourth-order valence-electron chi connectivity index (χ4n) is 2.45. The second-order valence-corrected chi connectivity index (χ2v) is 5.15. The third-order valence-electron chi connectivity index (χ3n) is 3.67. The van der Waals surface area contributed by atoms with Crippen molar-refractivity contribution >= 4 is 0 Å². The lowest BCUT2D eigenvalue weighted by Gasteiger charge is -2.18. The van der Waals surface area contributed by atoms with Gasteiger partial charge in [0.2, 0.25) is 0 Å². The minimum absolute atomic E-state index is 0.0156. The van der Waals surface area contributed by atoms with Gasteiger partial charge in [0, 0.05) is 6.04 Å². The minimum atomic E-state index is -0.219. The van der Waals surface area contributed by atoms with Crippen LogP contribution in [0.25, 0.3) is 0 Å². The molecule has 2 aromatic carbocycles. The Balaban J connectivity index is 2.15. The van der Waals surface area contributed by atoms with Crippen LogP contribution in [0.5, 0.6) is 5.75 Å². The van der Waals surface area contributed by atoms with Gasteiger partial charge in [-0.15, -0.1) is 0 Å². The molecule has 21 heavy (non-hydrogen) atoms. The van der Waals surface area contributed by atoms with E-state index in [1.54, 1.807) is 19.2 Å². The number of ether oxygens (including phenoxy) is 1. The van der Waals surface area contributed by atoms with E-state index in [0.29, 0.717) is 6.42 Å². The van der Waals surface area contributed by atoms with E-state index in [-0.39, 0.29) is 11.9 Å². The molecule has 0 aliphatic heterocycles. The Morgan fingerprint density at radius 1 is 1.14 bits per heavy atom. The zero-order valence-electron chi connectivity index (χ0n) is 12.4. The van der Waals surface area contributed by atoms with Gasteiger partial charge >= 0.3 is 0 Å². The lowest BCUT2D eigenvalue weighted by molar-refractivity contribution is 0.404. The number of hydrazine groups is 1. The summed E-state index contributed by atoms with van der Waals surface area (Å²) in [6, 6.07) is 12.7. The molecule has 1 unspecified atom stereocenters. The molecule has 0 radical (unpaired) electrons. The molecule has 0 bridgehead atoms. The Hall–Kier alpha value is -1.91. The van der Waals surface area contributed by atoms with Crippen LogP contribution in [-0.2, 0) is 12.8 Å². The molecule has 0 aliphatic rings. The van der Waals surface area contributed by atoms with Crippen LogP contribution in [0.2, 0.25) is 0 Å². The first-order chi connectivity index (χ1) is 10.1. The molecular formula is C17H21FN2O. The van der Waals surface area contributed by atoms with Crippen molar-refractivity contribution in [2.24, 2.45) is 5.84 Å².